The summed E-state index contributed by atoms with van der Waals surface area (Å²) < 4.78 is 0. The molecule has 1 aromatic rings. The third kappa shape index (κ3) is 2.13. The highest BCUT2D eigenvalue weighted by molar-refractivity contribution is 6.00. The molecule has 0 aromatic heterocycles. The zero-order chi connectivity index (χ0) is 12.4. The van der Waals surface area contributed by atoms with Gasteiger partial charge in [0.25, 0.3) is 5.91 Å². The van der Waals surface area contributed by atoms with Gasteiger partial charge in [0.2, 0.25) is 0 Å². The van der Waals surface area contributed by atoms with E-state index in [0.29, 0.717) is 17.8 Å². The SMILES string of the molecule is Cc1cccc(N)c1C(=O)N1CCC[C@H]1CO. The van der Waals surface area contributed by atoms with Crippen molar-refractivity contribution in [1.29, 1.82) is 0 Å². The van der Waals surface area contributed by atoms with E-state index in [1.54, 1.807) is 11.0 Å². The van der Waals surface area contributed by atoms with E-state index in [0.717, 1.165) is 18.4 Å². The van der Waals surface area contributed by atoms with Crippen molar-refractivity contribution in [1.82, 2.24) is 4.90 Å². The Labute approximate surface area is 101 Å². The Balaban J connectivity index is 2.31. The molecule has 4 heteroatoms. The normalized spacial score (nSPS) is 19.6. The Hall–Kier alpha value is -1.55. The maximum atomic E-state index is 12.4. The van der Waals surface area contributed by atoms with Crippen molar-refractivity contribution < 1.29 is 9.90 Å². The molecule has 1 aliphatic heterocycles. The third-order valence-corrected chi connectivity index (χ3v) is 3.37. The fourth-order valence-corrected chi connectivity index (χ4v) is 2.42. The second-order valence-electron chi connectivity index (χ2n) is 4.52. The molecule has 4 nitrogen and oxygen atoms in total. The van der Waals surface area contributed by atoms with E-state index in [1.165, 1.54) is 0 Å². The molecule has 1 aromatic carbocycles. The summed E-state index contributed by atoms with van der Waals surface area (Å²) >= 11 is 0. The van der Waals surface area contributed by atoms with E-state index in [1.807, 2.05) is 19.1 Å². The number of anilines is 1. The van der Waals surface area contributed by atoms with Gasteiger partial charge in [-0.1, -0.05) is 12.1 Å². The van der Waals surface area contributed by atoms with E-state index in [4.69, 9.17) is 5.73 Å². The number of amides is 1. The molecule has 0 bridgehead atoms. The highest BCUT2D eigenvalue weighted by atomic mass is 16.3. The summed E-state index contributed by atoms with van der Waals surface area (Å²) in [5.41, 5.74) is 7.84. The monoisotopic (exact) mass is 234 g/mol. The zero-order valence-electron chi connectivity index (χ0n) is 10.0. The molecule has 17 heavy (non-hydrogen) atoms. The number of carbonyl (C=O) groups is 1. The Morgan fingerprint density at radius 1 is 1.59 bits per heavy atom. The summed E-state index contributed by atoms with van der Waals surface area (Å²) in [6.45, 7) is 2.61. The van der Waals surface area contributed by atoms with Crippen molar-refractivity contribution in [2.75, 3.05) is 18.9 Å². The van der Waals surface area contributed by atoms with Crippen LogP contribution in [0.4, 0.5) is 5.69 Å². The third-order valence-electron chi connectivity index (χ3n) is 3.37. The van der Waals surface area contributed by atoms with E-state index in [-0.39, 0.29) is 18.6 Å². The number of hydrogen-bond donors (Lipinski definition) is 2. The van der Waals surface area contributed by atoms with Crippen LogP contribution in [0.2, 0.25) is 0 Å². The molecule has 1 saturated heterocycles. The molecule has 0 unspecified atom stereocenters. The summed E-state index contributed by atoms with van der Waals surface area (Å²) in [6.07, 6.45) is 1.82. The number of likely N-dealkylation sites (tertiary alicyclic amines) is 1. The number of aliphatic hydroxyl groups is 1. The number of aryl methyl sites for hydroxylation is 1. The van der Waals surface area contributed by atoms with Gasteiger partial charge >= 0.3 is 0 Å². The number of hydrogen-bond acceptors (Lipinski definition) is 3. The van der Waals surface area contributed by atoms with Crippen LogP contribution in [-0.2, 0) is 0 Å². The van der Waals surface area contributed by atoms with E-state index >= 15 is 0 Å². The van der Waals surface area contributed by atoms with Crippen molar-refractivity contribution in [3.8, 4) is 0 Å². The average molecular weight is 234 g/mol. The van der Waals surface area contributed by atoms with Gasteiger partial charge in [-0.3, -0.25) is 4.79 Å². The lowest BCUT2D eigenvalue weighted by atomic mass is 10.0. The molecule has 0 saturated carbocycles. The van der Waals surface area contributed by atoms with Crippen LogP contribution >= 0.6 is 0 Å². The van der Waals surface area contributed by atoms with Crippen LogP contribution in [0.3, 0.4) is 0 Å². The molecule has 3 N–H and O–H groups in total. The topological polar surface area (TPSA) is 66.6 Å². The van der Waals surface area contributed by atoms with Gasteiger partial charge in [0.1, 0.15) is 0 Å². The van der Waals surface area contributed by atoms with Crippen LogP contribution in [0.25, 0.3) is 0 Å². The summed E-state index contributed by atoms with van der Waals surface area (Å²) in [5.74, 6) is -0.0582. The maximum absolute atomic E-state index is 12.4. The summed E-state index contributed by atoms with van der Waals surface area (Å²) in [4.78, 5) is 14.1. The Bertz CT molecular complexity index is 411. The smallest absolute Gasteiger partial charge is 0.256 e. The van der Waals surface area contributed by atoms with E-state index < -0.39 is 0 Å². The summed E-state index contributed by atoms with van der Waals surface area (Å²) in [5, 5.41) is 9.25. The van der Waals surface area contributed by atoms with Gasteiger partial charge in [0.05, 0.1) is 18.2 Å². The molecule has 0 spiro atoms. The van der Waals surface area contributed by atoms with Gasteiger partial charge in [0, 0.05) is 12.2 Å². The molecule has 1 heterocycles. The lowest BCUT2D eigenvalue weighted by Crippen LogP contribution is -2.38. The lowest BCUT2D eigenvalue weighted by molar-refractivity contribution is 0.0678. The predicted molar refractivity (Wildman–Crippen MR) is 66.7 cm³/mol. The van der Waals surface area contributed by atoms with Gasteiger partial charge < -0.3 is 15.7 Å². The molecule has 2 rings (SSSR count). The number of aliphatic hydroxyl groups excluding tert-OH is 1. The number of carbonyl (C=O) groups excluding carboxylic acids is 1. The average Bonchev–Trinajstić information content (AvgIpc) is 2.76. The number of rotatable bonds is 2. The number of nitrogen functional groups attached to an aromatic ring is 1. The molecule has 1 fully saturated rings. The van der Waals surface area contributed by atoms with Gasteiger partial charge in [-0.15, -0.1) is 0 Å². The fraction of sp³-hybridized carbons (Fsp3) is 0.462. The molecule has 1 amide bonds. The standard InChI is InChI=1S/C13H18N2O2/c1-9-4-2-6-11(14)12(9)13(17)15-7-3-5-10(15)8-16/h2,4,6,10,16H,3,5,7-8,14H2,1H3/t10-/m0/s1. The minimum atomic E-state index is -0.0582. The van der Waals surface area contributed by atoms with Crippen LogP contribution in [-0.4, -0.2) is 35.1 Å². The highest BCUT2D eigenvalue weighted by Gasteiger charge is 2.30. The molecule has 0 aliphatic carbocycles. The largest absolute Gasteiger partial charge is 0.398 e. The quantitative estimate of drug-likeness (QED) is 0.755. The number of benzene rings is 1. The predicted octanol–water partition coefficient (Wildman–Crippen LogP) is 1.17. The van der Waals surface area contributed by atoms with Gasteiger partial charge in [0.15, 0.2) is 0 Å². The Morgan fingerprint density at radius 3 is 3.00 bits per heavy atom. The van der Waals surface area contributed by atoms with Crippen LogP contribution in [0, 0.1) is 6.92 Å². The molecule has 0 radical (unpaired) electrons. The summed E-state index contributed by atoms with van der Waals surface area (Å²) in [6, 6.07) is 5.41. The molecular weight excluding hydrogens is 216 g/mol. The lowest BCUT2D eigenvalue weighted by Gasteiger charge is -2.24. The molecular formula is C13H18N2O2. The molecule has 1 atom stereocenters. The van der Waals surface area contributed by atoms with E-state index in [2.05, 4.69) is 0 Å². The number of nitrogens with two attached hydrogens (primary N) is 1. The maximum Gasteiger partial charge on any atom is 0.256 e. The van der Waals surface area contributed by atoms with E-state index in [9.17, 15) is 9.90 Å². The van der Waals surface area contributed by atoms with Crippen LogP contribution in [0.1, 0.15) is 28.8 Å². The van der Waals surface area contributed by atoms with Gasteiger partial charge in [-0.05, 0) is 31.4 Å². The van der Waals surface area contributed by atoms with Crippen molar-refractivity contribution in [3.05, 3.63) is 29.3 Å². The van der Waals surface area contributed by atoms with Gasteiger partial charge in [-0.2, -0.15) is 0 Å². The van der Waals surface area contributed by atoms with Crippen LogP contribution < -0.4 is 5.73 Å². The minimum Gasteiger partial charge on any atom is -0.398 e. The fourth-order valence-electron chi connectivity index (χ4n) is 2.42. The second kappa shape index (κ2) is 4.75. The van der Waals surface area contributed by atoms with Gasteiger partial charge in [-0.25, -0.2) is 0 Å². The first-order valence-electron chi connectivity index (χ1n) is 5.92. The zero-order valence-corrected chi connectivity index (χ0v) is 10.0. The van der Waals surface area contributed by atoms with Crippen LogP contribution in [0.15, 0.2) is 18.2 Å². The first-order valence-corrected chi connectivity index (χ1v) is 5.92. The number of nitrogens with zero attached hydrogens (tertiary/aromatic N) is 1. The highest BCUT2D eigenvalue weighted by Crippen LogP contribution is 2.24. The minimum absolute atomic E-state index is 0.0253. The molecule has 92 valence electrons. The second-order valence-corrected chi connectivity index (χ2v) is 4.52. The van der Waals surface area contributed by atoms with Crippen molar-refractivity contribution in [2.45, 2.75) is 25.8 Å². The Morgan fingerprint density at radius 2 is 2.35 bits per heavy atom. The van der Waals surface area contributed by atoms with Crippen molar-refractivity contribution >= 4 is 11.6 Å². The first-order chi connectivity index (χ1) is 8.15. The molecule has 1 aliphatic rings. The first kappa shape index (κ1) is 11.9. The Kier molecular flexibility index (Phi) is 3.33. The van der Waals surface area contributed by atoms with Crippen LogP contribution in [0.5, 0.6) is 0 Å². The van der Waals surface area contributed by atoms with Crippen molar-refractivity contribution in [2.24, 2.45) is 0 Å². The van der Waals surface area contributed by atoms with Crippen molar-refractivity contribution in [3.63, 3.8) is 0 Å². The summed E-state index contributed by atoms with van der Waals surface area (Å²) in [7, 11) is 0.